The van der Waals surface area contributed by atoms with Crippen LogP contribution in [-0.2, 0) is 0 Å². The lowest BCUT2D eigenvalue weighted by molar-refractivity contribution is -0.0908. The number of halogens is 3. The molecule has 3 N–H and O–H groups in total. The predicted molar refractivity (Wildman–Crippen MR) is 141 cm³/mol. The van der Waals surface area contributed by atoms with Gasteiger partial charge in [-0.2, -0.15) is 13.2 Å². The normalized spacial score (nSPS) is 18.8. The first kappa shape index (κ1) is 28.2. The number of aliphatic hydroxyl groups is 1. The zero-order chi connectivity index (χ0) is 27.8. The van der Waals surface area contributed by atoms with Gasteiger partial charge in [-0.05, 0) is 95.7 Å². The summed E-state index contributed by atoms with van der Waals surface area (Å²) in [5.41, 5.74) is -0.0460. The molecule has 0 radical (unpaired) electrons. The van der Waals surface area contributed by atoms with Crippen LogP contribution in [-0.4, -0.2) is 57.5 Å². The molecule has 1 saturated heterocycles. The van der Waals surface area contributed by atoms with Gasteiger partial charge in [0.05, 0.1) is 5.69 Å². The van der Waals surface area contributed by atoms with E-state index in [2.05, 4.69) is 59.8 Å². The van der Waals surface area contributed by atoms with Gasteiger partial charge in [-0.3, -0.25) is 0 Å². The van der Waals surface area contributed by atoms with E-state index in [9.17, 15) is 23.4 Å². The molecule has 7 nitrogen and oxygen atoms in total. The molecule has 0 aliphatic carbocycles. The summed E-state index contributed by atoms with van der Waals surface area (Å²) in [7, 11) is 2.00. The maximum Gasteiger partial charge on any atom is 0.421 e. The van der Waals surface area contributed by atoms with Crippen LogP contribution in [0, 0.1) is 0 Å². The number of alkyl halides is 3. The van der Waals surface area contributed by atoms with Crippen LogP contribution in [0.2, 0.25) is 0 Å². The van der Waals surface area contributed by atoms with Gasteiger partial charge in [0, 0.05) is 29.7 Å². The highest BCUT2D eigenvalue weighted by atomic mass is 19.4. The Balaban J connectivity index is 1.84. The lowest BCUT2D eigenvalue weighted by Crippen LogP contribution is -2.62. The van der Waals surface area contributed by atoms with E-state index in [0.29, 0.717) is 22.6 Å². The van der Waals surface area contributed by atoms with Crippen LogP contribution in [0.4, 0.5) is 19.0 Å². The quantitative estimate of drug-likeness (QED) is 0.246. The average molecular weight is 518 g/mol. The molecule has 200 valence electrons. The van der Waals surface area contributed by atoms with Gasteiger partial charge >= 0.3 is 6.18 Å². The summed E-state index contributed by atoms with van der Waals surface area (Å²) >= 11 is 0. The summed E-state index contributed by atoms with van der Waals surface area (Å²) < 4.78 is 39.8. The molecule has 1 fully saturated rings. The number of phenolic OH excluding ortho intramolecular Hbond substituents is 1. The Kier molecular flexibility index (Phi) is 7.74. The molecule has 0 amide bonds. The Hall–Kier alpha value is -3.40. The SMILES string of the molecule is C=N/C(O)=C(\C=C(/C)c1ccc(-c2ccc(N(C)C3CC(C)(C)NC(C)(C)C3)nn2)c(O)c1)C(F)(F)F. The maximum absolute atomic E-state index is 13.3. The molecule has 10 heteroatoms. The minimum Gasteiger partial charge on any atom is -0.507 e. The second-order valence-corrected chi connectivity index (χ2v) is 10.8. The highest BCUT2D eigenvalue weighted by molar-refractivity contribution is 5.74. The number of rotatable bonds is 6. The number of aromatic hydroxyl groups is 1. The molecule has 0 unspecified atom stereocenters. The van der Waals surface area contributed by atoms with Gasteiger partial charge in [-0.25, -0.2) is 4.99 Å². The molecule has 2 aromatic rings. The summed E-state index contributed by atoms with van der Waals surface area (Å²) in [5.74, 6) is -0.671. The summed E-state index contributed by atoms with van der Waals surface area (Å²) in [6, 6.07) is 8.33. The van der Waals surface area contributed by atoms with E-state index >= 15 is 0 Å². The first-order chi connectivity index (χ1) is 17.0. The van der Waals surface area contributed by atoms with E-state index in [1.807, 2.05) is 13.1 Å². The van der Waals surface area contributed by atoms with Crippen LogP contribution >= 0.6 is 0 Å². The minimum absolute atomic E-state index is 0.0221. The molecule has 0 atom stereocenters. The van der Waals surface area contributed by atoms with Crippen molar-refractivity contribution in [2.75, 3.05) is 11.9 Å². The fraction of sp³-hybridized carbons (Fsp3) is 0.444. The van der Waals surface area contributed by atoms with Crippen LogP contribution in [0.5, 0.6) is 5.75 Å². The number of nitrogens with one attached hydrogen (secondary N) is 1. The van der Waals surface area contributed by atoms with Crippen LogP contribution < -0.4 is 10.2 Å². The third-order valence-electron chi connectivity index (χ3n) is 6.51. The van der Waals surface area contributed by atoms with Gasteiger partial charge < -0.3 is 20.4 Å². The van der Waals surface area contributed by atoms with Crippen molar-refractivity contribution in [2.24, 2.45) is 4.99 Å². The molecule has 1 aliphatic heterocycles. The highest BCUT2D eigenvalue weighted by Gasteiger charge is 2.39. The number of benzene rings is 1. The number of allylic oxidation sites excluding steroid dienone is 3. The van der Waals surface area contributed by atoms with Crippen molar-refractivity contribution in [1.29, 1.82) is 0 Å². The van der Waals surface area contributed by atoms with E-state index in [-0.39, 0.29) is 28.4 Å². The van der Waals surface area contributed by atoms with Gasteiger partial charge in [0.1, 0.15) is 11.3 Å². The maximum atomic E-state index is 13.3. The fourth-order valence-electron chi connectivity index (χ4n) is 5.04. The molecule has 0 saturated carbocycles. The number of anilines is 1. The Bertz CT molecular complexity index is 1200. The Morgan fingerprint density at radius 1 is 1.14 bits per heavy atom. The van der Waals surface area contributed by atoms with Crippen molar-refractivity contribution in [2.45, 2.75) is 70.8 Å². The van der Waals surface area contributed by atoms with E-state index in [0.717, 1.165) is 18.9 Å². The topological polar surface area (TPSA) is 93.9 Å². The number of aromatic nitrogens is 2. The van der Waals surface area contributed by atoms with Crippen molar-refractivity contribution in [3.8, 4) is 17.0 Å². The predicted octanol–water partition coefficient (Wildman–Crippen LogP) is 6.03. The molecule has 3 rings (SSSR count). The van der Waals surface area contributed by atoms with E-state index in [4.69, 9.17) is 0 Å². The first-order valence-corrected chi connectivity index (χ1v) is 11.9. The van der Waals surface area contributed by atoms with Crippen LogP contribution in [0.15, 0.2) is 52.9 Å². The molecular formula is C27H34F3N5O2. The zero-order valence-corrected chi connectivity index (χ0v) is 22.0. The Morgan fingerprint density at radius 2 is 1.76 bits per heavy atom. The van der Waals surface area contributed by atoms with Crippen molar-refractivity contribution < 1.29 is 23.4 Å². The summed E-state index contributed by atoms with van der Waals surface area (Å²) in [5, 5.41) is 32.5. The van der Waals surface area contributed by atoms with Gasteiger partial charge in [0.25, 0.3) is 0 Å². The molecule has 2 heterocycles. The zero-order valence-electron chi connectivity index (χ0n) is 22.0. The summed E-state index contributed by atoms with van der Waals surface area (Å²) in [6.07, 6.45) is -2.18. The molecule has 0 bridgehead atoms. The number of piperidine rings is 1. The number of aliphatic imine (C=N–C) groups is 1. The number of hydrogen-bond donors (Lipinski definition) is 3. The lowest BCUT2D eigenvalue weighted by atomic mass is 9.79. The highest BCUT2D eigenvalue weighted by Crippen LogP contribution is 2.36. The molecular weight excluding hydrogens is 483 g/mol. The second-order valence-electron chi connectivity index (χ2n) is 10.8. The van der Waals surface area contributed by atoms with Crippen LogP contribution in [0.3, 0.4) is 0 Å². The smallest absolute Gasteiger partial charge is 0.421 e. The Morgan fingerprint density at radius 3 is 2.24 bits per heavy atom. The van der Waals surface area contributed by atoms with E-state index < -0.39 is 17.6 Å². The van der Waals surface area contributed by atoms with E-state index in [1.165, 1.54) is 13.0 Å². The van der Waals surface area contributed by atoms with Crippen molar-refractivity contribution >= 4 is 18.1 Å². The average Bonchev–Trinajstić information content (AvgIpc) is 2.78. The van der Waals surface area contributed by atoms with Gasteiger partial charge in [-0.1, -0.05) is 6.07 Å². The molecule has 0 spiro atoms. The van der Waals surface area contributed by atoms with Crippen LogP contribution in [0.25, 0.3) is 16.8 Å². The largest absolute Gasteiger partial charge is 0.507 e. The van der Waals surface area contributed by atoms with Gasteiger partial charge in [0.2, 0.25) is 5.88 Å². The molecule has 1 aliphatic rings. The second kappa shape index (κ2) is 10.2. The summed E-state index contributed by atoms with van der Waals surface area (Å²) in [4.78, 5) is 5.11. The minimum atomic E-state index is -4.82. The number of phenols is 1. The number of hydrogen-bond acceptors (Lipinski definition) is 7. The number of aliphatic hydroxyl groups excluding tert-OH is 1. The number of nitrogens with zero attached hydrogens (tertiary/aromatic N) is 4. The molecule has 37 heavy (non-hydrogen) atoms. The fourth-order valence-corrected chi connectivity index (χ4v) is 5.04. The van der Waals surface area contributed by atoms with Crippen molar-refractivity contribution in [3.63, 3.8) is 0 Å². The summed E-state index contributed by atoms with van der Waals surface area (Å²) in [6.45, 7) is 13.1. The molecule has 1 aromatic heterocycles. The third kappa shape index (κ3) is 6.68. The van der Waals surface area contributed by atoms with Gasteiger partial charge in [0.15, 0.2) is 5.82 Å². The Labute approximate surface area is 215 Å². The lowest BCUT2D eigenvalue weighted by Gasteiger charge is -2.49. The van der Waals surface area contributed by atoms with Gasteiger partial charge in [-0.15, -0.1) is 10.2 Å². The standard InChI is InChI=1S/C27H34F3N5O2/c1-16(12-20(24(37)31-6)27(28,29)30)17-8-9-19(22(36)13-17)21-10-11-23(33-32-21)35(7)18-14-25(2,3)34-26(4,5)15-18/h8-13,18,34,36-37H,6,14-15H2,1-5,7H3/b16-12+,24-20-. The first-order valence-electron chi connectivity index (χ1n) is 11.9. The monoisotopic (exact) mass is 517 g/mol. The molecule has 1 aromatic carbocycles. The van der Waals surface area contributed by atoms with E-state index in [1.54, 1.807) is 18.2 Å². The third-order valence-corrected chi connectivity index (χ3v) is 6.51. The van der Waals surface area contributed by atoms with Crippen molar-refractivity contribution in [3.05, 3.63) is 53.4 Å². The van der Waals surface area contributed by atoms with Crippen LogP contribution in [0.1, 0.15) is 53.0 Å². The van der Waals surface area contributed by atoms with Crippen molar-refractivity contribution in [1.82, 2.24) is 15.5 Å².